The SMILES string of the molecule is CN1C(=O)OC2(CCN(CCC(C(=O)NCc3ccc(Cl)cc3Cl)c3ccc(Cl)c(Cl)c3)CC2)c2cc(F)ccc21. The molecule has 1 atom stereocenters. The topological polar surface area (TPSA) is 61.9 Å². The summed E-state index contributed by atoms with van der Waals surface area (Å²) < 4.78 is 20.1. The maximum atomic E-state index is 14.2. The minimum atomic E-state index is -0.879. The van der Waals surface area contributed by atoms with Crippen LogP contribution in [0.1, 0.15) is 41.9 Å². The number of anilines is 1. The number of hydrogen-bond acceptors (Lipinski definition) is 4. The molecule has 2 aliphatic heterocycles. The molecule has 11 heteroatoms. The molecule has 3 aromatic rings. The highest BCUT2D eigenvalue weighted by atomic mass is 35.5. The Hall–Kier alpha value is -2.55. The molecule has 0 aliphatic carbocycles. The Kier molecular flexibility index (Phi) is 9.02. The predicted molar refractivity (Wildman–Crippen MR) is 161 cm³/mol. The minimum absolute atomic E-state index is 0.170. The van der Waals surface area contributed by atoms with Crippen molar-refractivity contribution in [1.82, 2.24) is 10.2 Å². The van der Waals surface area contributed by atoms with Gasteiger partial charge in [0.1, 0.15) is 11.4 Å². The molecule has 1 spiro atoms. The summed E-state index contributed by atoms with van der Waals surface area (Å²) in [5.41, 5.74) is 1.97. The molecule has 0 bridgehead atoms. The molecule has 0 saturated carbocycles. The van der Waals surface area contributed by atoms with Gasteiger partial charge in [0.25, 0.3) is 0 Å². The first-order chi connectivity index (χ1) is 19.6. The van der Waals surface area contributed by atoms with Crippen molar-refractivity contribution >= 4 is 64.1 Å². The average molecular weight is 639 g/mol. The quantitative estimate of drug-likeness (QED) is 0.287. The predicted octanol–water partition coefficient (Wildman–Crippen LogP) is 7.81. The summed E-state index contributed by atoms with van der Waals surface area (Å²) in [5, 5.41) is 4.77. The standard InChI is InChI=1S/C30H28Cl4FN3O3/c1-37-27-7-5-21(35)16-23(27)30(41-29(37)40)9-12-38(13-10-30)11-8-22(18-3-6-24(32)26(34)14-18)28(39)36-17-19-2-4-20(31)15-25(19)33/h2-7,14-16,22H,8-13,17H2,1H3,(H,36,39). The van der Waals surface area contributed by atoms with Crippen molar-refractivity contribution in [3.8, 4) is 0 Å². The second-order valence-electron chi connectivity index (χ2n) is 10.4. The van der Waals surface area contributed by atoms with Gasteiger partial charge in [-0.15, -0.1) is 0 Å². The summed E-state index contributed by atoms with van der Waals surface area (Å²) in [7, 11) is 1.62. The number of benzene rings is 3. The number of nitrogens with zero attached hydrogens (tertiary/aromatic N) is 2. The van der Waals surface area contributed by atoms with E-state index in [1.807, 2.05) is 6.07 Å². The minimum Gasteiger partial charge on any atom is -0.437 e. The molecular formula is C30H28Cl4FN3O3. The summed E-state index contributed by atoms with van der Waals surface area (Å²) >= 11 is 24.7. The zero-order chi connectivity index (χ0) is 29.3. The molecule has 3 aromatic carbocycles. The number of likely N-dealkylation sites (tertiary alicyclic amines) is 1. The van der Waals surface area contributed by atoms with E-state index >= 15 is 0 Å². The highest BCUT2D eigenvalue weighted by Gasteiger charge is 2.46. The van der Waals surface area contributed by atoms with Gasteiger partial charge in [0, 0.05) is 55.1 Å². The molecule has 216 valence electrons. The van der Waals surface area contributed by atoms with Crippen LogP contribution in [0, 0.1) is 5.82 Å². The molecule has 5 rings (SSSR count). The summed E-state index contributed by atoms with van der Waals surface area (Å²) in [6.07, 6.45) is 1.09. The van der Waals surface area contributed by atoms with Gasteiger partial charge in [-0.1, -0.05) is 58.5 Å². The molecular weight excluding hydrogens is 611 g/mol. The Morgan fingerprint density at radius 2 is 1.76 bits per heavy atom. The Morgan fingerprint density at radius 1 is 1.00 bits per heavy atom. The molecule has 41 heavy (non-hydrogen) atoms. The number of carbonyl (C=O) groups excluding carboxylic acids is 2. The lowest BCUT2D eigenvalue weighted by atomic mass is 9.81. The van der Waals surface area contributed by atoms with Gasteiger partial charge in [-0.3, -0.25) is 9.69 Å². The van der Waals surface area contributed by atoms with Crippen molar-refractivity contribution in [1.29, 1.82) is 0 Å². The number of amides is 2. The number of piperidine rings is 1. The lowest BCUT2D eigenvalue weighted by Crippen LogP contribution is -2.51. The van der Waals surface area contributed by atoms with Gasteiger partial charge in [-0.2, -0.15) is 0 Å². The summed E-state index contributed by atoms with van der Waals surface area (Å²) in [6, 6.07) is 14.8. The molecule has 1 saturated heterocycles. The number of rotatable bonds is 7. The van der Waals surface area contributed by atoms with E-state index in [-0.39, 0.29) is 18.3 Å². The van der Waals surface area contributed by atoms with Crippen molar-refractivity contribution in [2.24, 2.45) is 0 Å². The molecule has 6 nitrogen and oxygen atoms in total. The second-order valence-corrected chi connectivity index (χ2v) is 12.1. The molecule has 2 amide bonds. The van der Waals surface area contributed by atoms with Crippen molar-refractivity contribution in [2.45, 2.75) is 37.3 Å². The molecule has 0 aromatic heterocycles. The van der Waals surface area contributed by atoms with Gasteiger partial charge in [-0.05, 0) is 66.6 Å². The number of fused-ring (bicyclic) bond motifs is 2. The van der Waals surface area contributed by atoms with Crippen LogP contribution >= 0.6 is 46.4 Å². The fourth-order valence-electron chi connectivity index (χ4n) is 5.52. The maximum Gasteiger partial charge on any atom is 0.414 e. The van der Waals surface area contributed by atoms with Crippen LogP contribution < -0.4 is 10.2 Å². The van der Waals surface area contributed by atoms with Gasteiger partial charge in [-0.25, -0.2) is 9.18 Å². The van der Waals surface area contributed by atoms with Gasteiger partial charge in [0.05, 0.1) is 21.7 Å². The number of carbonyl (C=O) groups is 2. The third-order valence-electron chi connectivity index (χ3n) is 7.90. The van der Waals surface area contributed by atoms with Crippen LogP contribution in [0.2, 0.25) is 20.1 Å². The molecule has 2 aliphatic rings. The van der Waals surface area contributed by atoms with Crippen LogP contribution in [0.5, 0.6) is 0 Å². The van der Waals surface area contributed by atoms with Crippen LogP contribution in [0.15, 0.2) is 54.6 Å². The first-order valence-electron chi connectivity index (χ1n) is 13.2. The van der Waals surface area contributed by atoms with E-state index in [4.69, 9.17) is 51.1 Å². The van der Waals surface area contributed by atoms with Crippen LogP contribution in [0.25, 0.3) is 0 Å². The number of hydrogen-bond donors (Lipinski definition) is 1. The lowest BCUT2D eigenvalue weighted by Gasteiger charge is -2.46. The molecule has 1 unspecified atom stereocenters. The Labute approximate surface area is 258 Å². The maximum absolute atomic E-state index is 14.2. The van der Waals surface area contributed by atoms with Crippen molar-refractivity contribution < 1.29 is 18.7 Å². The normalized spacial score (nSPS) is 17.2. The van der Waals surface area contributed by atoms with Gasteiger partial charge in [0.15, 0.2) is 0 Å². The fraction of sp³-hybridized carbons (Fsp3) is 0.333. The van der Waals surface area contributed by atoms with Crippen molar-refractivity contribution in [3.05, 3.63) is 97.2 Å². The van der Waals surface area contributed by atoms with Crippen LogP contribution in [0.3, 0.4) is 0 Å². The fourth-order valence-corrected chi connectivity index (χ4v) is 6.31. The number of ether oxygens (including phenoxy) is 1. The van der Waals surface area contributed by atoms with Crippen molar-refractivity contribution in [3.63, 3.8) is 0 Å². The van der Waals surface area contributed by atoms with Gasteiger partial charge >= 0.3 is 6.09 Å². The van der Waals surface area contributed by atoms with Crippen LogP contribution in [0.4, 0.5) is 14.9 Å². The first kappa shape index (κ1) is 29.9. The smallest absolute Gasteiger partial charge is 0.414 e. The highest BCUT2D eigenvalue weighted by molar-refractivity contribution is 6.42. The number of nitrogens with one attached hydrogen (secondary N) is 1. The molecule has 1 fully saturated rings. The average Bonchev–Trinajstić information content (AvgIpc) is 2.94. The van der Waals surface area contributed by atoms with Gasteiger partial charge in [0.2, 0.25) is 5.91 Å². The first-order valence-corrected chi connectivity index (χ1v) is 14.7. The van der Waals surface area contributed by atoms with E-state index in [1.54, 1.807) is 43.4 Å². The Bertz CT molecular complexity index is 1480. The summed E-state index contributed by atoms with van der Waals surface area (Å²) in [6.45, 7) is 2.08. The van der Waals surface area contributed by atoms with E-state index in [1.165, 1.54) is 17.0 Å². The van der Waals surface area contributed by atoms with Crippen LogP contribution in [-0.4, -0.2) is 43.6 Å². The second kappa shape index (κ2) is 12.4. The lowest BCUT2D eigenvalue weighted by molar-refractivity contribution is -0.123. The van der Waals surface area contributed by atoms with E-state index in [0.717, 1.165) is 11.1 Å². The Balaban J connectivity index is 1.28. The van der Waals surface area contributed by atoms with E-state index in [0.29, 0.717) is 70.2 Å². The van der Waals surface area contributed by atoms with Crippen LogP contribution in [-0.2, 0) is 21.7 Å². The Morgan fingerprint density at radius 3 is 2.46 bits per heavy atom. The summed E-state index contributed by atoms with van der Waals surface area (Å²) in [5.74, 6) is -1.04. The van der Waals surface area contributed by atoms with Gasteiger partial charge < -0.3 is 15.0 Å². The third kappa shape index (κ3) is 6.45. The van der Waals surface area contributed by atoms with Crippen molar-refractivity contribution in [2.75, 3.05) is 31.6 Å². The summed E-state index contributed by atoms with van der Waals surface area (Å²) in [4.78, 5) is 29.7. The monoisotopic (exact) mass is 637 g/mol. The van der Waals surface area contributed by atoms with E-state index < -0.39 is 17.6 Å². The molecule has 2 heterocycles. The zero-order valence-electron chi connectivity index (χ0n) is 22.2. The zero-order valence-corrected chi connectivity index (χ0v) is 25.3. The number of halogens is 5. The highest BCUT2D eigenvalue weighted by Crippen LogP contribution is 2.45. The largest absolute Gasteiger partial charge is 0.437 e. The molecule has 0 radical (unpaired) electrons. The van der Waals surface area contributed by atoms with E-state index in [9.17, 15) is 14.0 Å². The molecule has 1 N–H and O–H groups in total. The third-order valence-corrected chi connectivity index (χ3v) is 9.22. The van der Waals surface area contributed by atoms with E-state index in [2.05, 4.69) is 10.2 Å².